The van der Waals surface area contributed by atoms with Crippen molar-refractivity contribution in [1.29, 1.82) is 0 Å². The van der Waals surface area contributed by atoms with Crippen LogP contribution in [-0.4, -0.2) is 12.3 Å². The van der Waals surface area contributed by atoms with Gasteiger partial charge in [0.1, 0.15) is 11.3 Å². The van der Waals surface area contributed by atoms with Crippen molar-refractivity contribution >= 4 is 16.9 Å². The lowest BCUT2D eigenvalue weighted by Gasteiger charge is -2.15. The highest BCUT2D eigenvalue weighted by Crippen LogP contribution is 2.23. The molecule has 5 heteroatoms. The molecule has 1 heterocycles. The van der Waals surface area contributed by atoms with E-state index in [1.807, 2.05) is 6.92 Å². The van der Waals surface area contributed by atoms with Crippen LogP contribution in [0.15, 0.2) is 45.6 Å². The van der Waals surface area contributed by atoms with E-state index in [0.717, 1.165) is 10.9 Å². The summed E-state index contributed by atoms with van der Waals surface area (Å²) in [7, 11) is 0. The summed E-state index contributed by atoms with van der Waals surface area (Å²) in [5, 5.41) is 0.827. The Labute approximate surface area is 121 Å². The van der Waals surface area contributed by atoms with Crippen molar-refractivity contribution < 1.29 is 18.7 Å². The quantitative estimate of drug-likeness (QED) is 0.374. The fourth-order valence-corrected chi connectivity index (χ4v) is 1.85. The highest BCUT2D eigenvalue weighted by atomic mass is 16.7. The van der Waals surface area contributed by atoms with E-state index >= 15 is 0 Å². The van der Waals surface area contributed by atoms with E-state index in [9.17, 15) is 9.59 Å². The summed E-state index contributed by atoms with van der Waals surface area (Å²) in [6.45, 7) is 8.48. The molecule has 1 unspecified atom stereocenters. The maximum atomic E-state index is 11.4. The molecule has 2 rings (SSSR count). The highest BCUT2D eigenvalue weighted by Gasteiger charge is 2.12. The van der Waals surface area contributed by atoms with Crippen molar-refractivity contribution in [1.82, 2.24) is 0 Å². The van der Waals surface area contributed by atoms with Gasteiger partial charge in [-0.3, -0.25) is 0 Å². The number of esters is 1. The Kier molecular flexibility index (Phi) is 4.12. The number of aryl methyl sites for hydroxylation is 1. The van der Waals surface area contributed by atoms with Crippen LogP contribution in [0.1, 0.15) is 19.4 Å². The fourth-order valence-electron chi connectivity index (χ4n) is 1.85. The van der Waals surface area contributed by atoms with E-state index in [0.29, 0.717) is 16.9 Å². The molecule has 0 fully saturated rings. The molecule has 0 N–H and O–H groups in total. The summed E-state index contributed by atoms with van der Waals surface area (Å²) >= 11 is 0. The first kappa shape index (κ1) is 14.8. The zero-order valence-corrected chi connectivity index (χ0v) is 12.1. The van der Waals surface area contributed by atoms with Gasteiger partial charge in [-0.2, -0.15) is 0 Å². The summed E-state index contributed by atoms with van der Waals surface area (Å²) in [5.41, 5.74) is 1.13. The first-order chi connectivity index (χ1) is 9.86. The van der Waals surface area contributed by atoms with Gasteiger partial charge in [0.05, 0.1) is 0 Å². The van der Waals surface area contributed by atoms with Crippen molar-refractivity contribution in [3.05, 3.63) is 52.4 Å². The standard InChI is InChI=1S/C16H16O5/c1-9(2)16(18)20-11(4)19-12-5-6-13-10(3)7-15(17)21-14(13)8-12/h5-8,11H,1H2,2-4H3. The summed E-state index contributed by atoms with van der Waals surface area (Å²) in [5.74, 6) is -0.0797. The van der Waals surface area contributed by atoms with Gasteiger partial charge >= 0.3 is 11.6 Å². The van der Waals surface area contributed by atoms with Crippen LogP contribution >= 0.6 is 0 Å². The van der Waals surface area contributed by atoms with Gasteiger partial charge in [-0.1, -0.05) is 6.58 Å². The van der Waals surface area contributed by atoms with Crippen LogP contribution < -0.4 is 10.4 Å². The molecule has 0 saturated heterocycles. The molecule has 5 nitrogen and oxygen atoms in total. The van der Waals surface area contributed by atoms with Gasteiger partial charge in [0.25, 0.3) is 0 Å². The predicted octanol–water partition coefficient (Wildman–Crippen LogP) is 2.95. The molecule has 1 aromatic carbocycles. The van der Waals surface area contributed by atoms with Gasteiger partial charge in [-0.25, -0.2) is 9.59 Å². The lowest BCUT2D eigenvalue weighted by atomic mass is 10.1. The molecule has 0 spiro atoms. The minimum atomic E-state index is -0.775. The predicted molar refractivity (Wildman–Crippen MR) is 78.2 cm³/mol. The van der Waals surface area contributed by atoms with Gasteiger partial charge in [-0.15, -0.1) is 0 Å². The van der Waals surface area contributed by atoms with Crippen LogP contribution in [-0.2, 0) is 9.53 Å². The molecule has 0 aliphatic heterocycles. The monoisotopic (exact) mass is 288 g/mol. The van der Waals surface area contributed by atoms with Crippen LogP contribution in [0.25, 0.3) is 11.0 Å². The lowest BCUT2D eigenvalue weighted by molar-refractivity contribution is -0.156. The molecule has 0 amide bonds. The zero-order valence-electron chi connectivity index (χ0n) is 12.1. The summed E-state index contributed by atoms with van der Waals surface area (Å²) in [4.78, 5) is 22.8. The average Bonchev–Trinajstić information content (AvgIpc) is 2.37. The first-order valence-corrected chi connectivity index (χ1v) is 6.44. The van der Waals surface area contributed by atoms with Gasteiger partial charge in [0.2, 0.25) is 6.29 Å². The Morgan fingerprint density at radius 3 is 2.71 bits per heavy atom. The van der Waals surface area contributed by atoms with Crippen LogP contribution in [0.5, 0.6) is 5.75 Å². The summed E-state index contributed by atoms with van der Waals surface area (Å²) in [6.07, 6.45) is -0.775. The number of carbonyl (C=O) groups excluding carboxylic acids is 1. The largest absolute Gasteiger partial charge is 0.455 e. The number of benzene rings is 1. The van der Waals surface area contributed by atoms with Crippen LogP contribution in [0.3, 0.4) is 0 Å². The van der Waals surface area contributed by atoms with Crippen LogP contribution in [0.2, 0.25) is 0 Å². The normalized spacial score (nSPS) is 12.0. The smallest absolute Gasteiger partial charge is 0.336 e. The van der Waals surface area contributed by atoms with Crippen molar-refractivity contribution in [3.63, 3.8) is 0 Å². The number of fused-ring (bicyclic) bond motifs is 1. The van der Waals surface area contributed by atoms with E-state index in [2.05, 4.69) is 6.58 Å². The number of rotatable bonds is 4. The second-order valence-corrected chi connectivity index (χ2v) is 4.78. The minimum absolute atomic E-state index is 0.297. The number of carbonyl (C=O) groups is 1. The zero-order chi connectivity index (χ0) is 15.6. The second kappa shape index (κ2) is 5.83. The van der Waals surface area contributed by atoms with Crippen LogP contribution in [0, 0.1) is 6.92 Å². The SMILES string of the molecule is C=C(C)C(=O)OC(C)Oc1ccc2c(C)cc(=O)oc2c1. The number of ether oxygens (including phenoxy) is 2. The molecule has 0 saturated carbocycles. The van der Waals surface area contributed by atoms with Gasteiger partial charge < -0.3 is 13.9 Å². The molecular weight excluding hydrogens is 272 g/mol. The summed E-state index contributed by atoms with van der Waals surface area (Å²) in [6, 6.07) is 6.53. The Bertz CT molecular complexity index is 757. The molecule has 0 aliphatic rings. The van der Waals surface area contributed by atoms with Gasteiger partial charge in [-0.05, 0) is 31.5 Å². The van der Waals surface area contributed by atoms with E-state index < -0.39 is 17.9 Å². The lowest BCUT2D eigenvalue weighted by Crippen LogP contribution is -2.21. The molecule has 0 aliphatic carbocycles. The molecule has 1 atom stereocenters. The third-order valence-corrected chi connectivity index (χ3v) is 2.85. The fraction of sp³-hybridized carbons (Fsp3) is 0.250. The third-order valence-electron chi connectivity index (χ3n) is 2.85. The highest BCUT2D eigenvalue weighted by molar-refractivity contribution is 5.87. The first-order valence-electron chi connectivity index (χ1n) is 6.44. The Morgan fingerprint density at radius 1 is 1.33 bits per heavy atom. The molecule has 21 heavy (non-hydrogen) atoms. The molecular formula is C16H16O5. The number of hydrogen-bond acceptors (Lipinski definition) is 5. The summed E-state index contributed by atoms with van der Waals surface area (Å²) < 4.78 is 15.6. The van der Waals surface area contributed by atoms with Crippen molar-refractivity contribution in [2.75, 3.05) is 0 Å². The molecule has 110 valence electrons. The Hall–Kier alpha value is -2.56. The number of hydrogen-bond donors (Lipinski definition) is 0. The molecule has 1 aromatic heterocycles. The average molecular weight is 288 g/mol. The van der Waals surface area contributed by atoms with E-state index in [-0.39, 0.29) is 0 Å². The van der Waals surface area contributed by atoms with E-state index in [1.165, 1.54) is 6.07 Å². The van der Waals surface area contributed by atoms with Crippen molar-refractivity contribution in [2.24, 2.45) is 0 Å². The Balaban J connectivity index is 2.21. The topological polar surface area (TPSA) is 65.7 Å². The van der Waals surface area contributed by atoms with Crippen LogP contribution in [0.4, 0.5) is 0 Å². The van der Waals surface area contributed by atoms with E-state index in [4.69, 9.17) is 13.9 Å². The Morgan fingerprint density at radius 2 is 2.05 bits per heavy atom. The van der Waals surface area contributed by atoms with Crippen molar-refractivity contribution in [2.45, 2.75) is 27.1 Å². The maximum absolute atomic E-state index is 11.4. The third kappa shape index (κ3) is 3.51. The second-order valence-electron chi connectivity index (χ2n) is 4.78. The van der Waals surface area contributed by atoms with Gasteiger partial charge in [0.15, 0.2) is 0 Å². The molecule has 0 bridgehead atoms. The van der Waals surface area contributed by atoms with Crippen molar-refractivity contribution in [3.8, 4) is 5.75 Å². The van der Waals surface area contributed by atoms with E-state index in [1.54, 1.807) is 32.0 Å². The maximum Gasteiger partial charge on any atom is 0.336 e. The molecule has 2 aromatic rings. The molecule has 0 radical (unpaired) electrons. The minimum Gasteiger partial charge on any atom is -0.455 e. The van der Waals surface area contributed by atoms with Gasteiger partial charge in [0, 0.05) is 30.0 Å².